The Balaban J connectivity index is 1.28. The first-order valence-electron chi connectivity index (χ1n) is 12.1. The number of para-hydroxylation sites is 2. The van der Waals surface area contributed by atoms with Crippen LogP contribution in [0.1, 0.15) is 18.9 Å². The van der Waals surface area contributed by atoms with Gasteiger partial charge in [0.05, 0.1) is 28.5 Å². The van der Waals surface area contributed by atoms with Gasteiger partial charge in [0.2, 0.25) is 0 Å². The van der Waals surface area contributed by atoms with Gasteiger partial charge >= 0.3 is 6.03 Å². The molecule has 6 heteroatoms. The molecule has 1 saturated heterocycles. The number of nitrogens with one attached hydrogen (secondary N) is 2. The van der Waals surface area contributed by atoms with Gasteiger partial charge in [-0.25, -0.2) is 14.8 Å². The summed E-state index contributed by atoms with van der Waals surface area (Å²) < 4.78 is 0. The van der Waals surface area contributed by atoms with Crippen LogP contribution in [0.5, 0.6) is 0 Å². The number of fused-ring (bicyclic) bond motifs is 1. The number of aromatic nitrogens is 2. The Morgan fingerprint density at radius 3 is 2.11 bits per heavy atom. The molecular formula is C29H29N5O. The number of carbonyl (C=O) groups is 1. The number of carbonyl (C=O) groups excluding carboxylic acids is 1. The van der Waals surface area contributed by atoms with Gasteiger partial charge in [-0.05, 0) is 24.1 Å². The fourth-order valence-corrected chi connectivity index (χ4v) is 4.29. The van der Waals surface area contributed by atoms with Crippen molar-refractivity contribution in [1.82, 2.24) is 25.5 Å². The molecule has 0 radical (unpaired) electrons. The third-order valence-electron chi connectivity index (χ3n) is 6.11. The first-order valence-corrected chi connectivity index (χ1v) is 12.1. The van der Waals surface area contributed by atoms with E-state index in [2.05, 4.69) is 51.9 Å². The summed E-state index contributed by atoms with van der Waals surface area (Å²) in [6.07, 6.45) is 4.51. The van der Waals surface area contributed by atoms with Crippen LogP contribution in [0.3, 0.4) is 0 Å². The molecule has 35 heavy (non-hydrogen) atoms. The maximum Gasteiger partial charge on any atom is 0.319 e. The van der Waals surface area contributed by atoms with Gasteiger partial charge < -0.3 is 10.6 Å². The molecule has 0 unspecified atom stereocenters. The van der Waals surface area contributed by atoms with Crippen molar-refractivity contribution in [2.45, 2.75) is 25.9 Å². The Morgan fingerprint density at radius 2 is 1.49 bits per heavy atom. The number of urea groups is 1. The van der Waals surface area contributed by atoms with E-state index in [4.69, 9.17) is 9.97 Å². The highest BCUT2D eigenvalue weighted by molar-refractivity contribution is 5.86. The van der Waals surface area contributed by atoms with E-state index in [1.165, 1.54) is 5.56 Å². The molecule has 0 atom stereocenters. The number of allylic oxidation sites excluding steroid dienone is 1. The smallest absolute Gasteiger partial charge is 0.319 e. The Morgan fingerprint density at radius 1 is 0.886 bits per heavy atom. The number of likely N-dealkylation sites (tertiary alicyclic amines) is 1. The molecule has 3 aromatic carbocycles. The van der Waals surface area contributed by atoms with Crippen molar-refractivity contribution in [2.75, 3.05) is 13.1 Å². The molecule has 1 aliphatic rings. The minimum atomic E-state index is -0.144. The van der Waals surface area contributed by atoms with Gasteiger partial charge in [-0.1, -0.05) is 79.7 Å². The van der Waals surface area contributed by atoms with Crippen LogP contribution < -0.4 is 10.6 Å². The van der Waals surface area contributed by atoms with Gasteiger partial charge in [0.25, 0.3) is 0 Å². The van der Waals surface area contributed by atoms with Gasteiger partial charge in [-0.15, -0.1) is 0 Å². The summed E-state index contributed by atoms with van der Waals surface area (Å²) in [6.45, 7) is 4.58. The zero-order valence-corrected chi connectivity index (χ0v) is 19.8. The molecule has 5 rings (SSSR count). The normalized spacial score (nSPS) is 14.2. The summed E-state index contributed by atoms with van der Waals surface area (Å²) >= 11 is 0. The summed E-state index contributed by atoms with van der Waals surface area (Å²) in [5, 5.41) is 5.74. The van der Waals surface area contributed by atoms with E-state index < -0.39 is 0 Å². The lowest BCUT2D eigenvalue weighted by Gasteiger charge is -2.39. The number of hydrogen-bond donors (Lipinski definition) is 2. The Bertz CT molecular complexity index is 1330. The lowest BCUT2D eigenvalue weighted by atomic mass is 10.0. The van der Waals surface area contributed by atoms with Gasteiger partial charge in [-0.2, -0.15) is 0 Å². The standard InChI is InChI=1S/C29H29N5O/c1-2-3-17-30-29(35)31-24-19-34(20-24)18-21-13-15-23(16-14-21)28-27(22-9-5-4-6-10-22)32-25-11-7-8-12-26(25)33-28/h3-17,24H,2,18-20H2,1H3,(H2,30,31,35)/b17-3+. The second-order valence-electron chi connectivity index (χ2n) is 8.79. The highest BCUT2D eigenvalue weighted by Crippen LogP contribution is 2.31. The first kappa shape index (κ1) is 22.7. The second-order valence-corrected chi connectivity index (χ2v) is 8.79. The fourth-order valence-electron chi connectivity index (χ4n) is 4.29. The molecule has 2 N–H and O–H groups in total. The number of benzene rings is 3. The number of hydrogen-bond acceptors (Lipinski definition) is 4. The Kier molecular flexibility index (Phi) is 6.82. The Labute approximate surface area is 205 Å². The SMILES string of the molecule is CC/C=C/NC(=O)NC1CN(Cc2ccc(-c3nc4ccccc4nc3-c3ccccc3)cc2)C1. The predicted molar refractivity (Wildman–Crippen MR) is 141 cm³/mol. The summed E-state index contributed by atoms with van der Waals surface area (Å²) in [7, 11) is 0. The lowest BCUT2D eigenvalue weighted by molar-refractivity contribution is 0.122. The third kappa shape index (κ3) is 5.39. The summed E-state index contributed by atoms with van der Waals surface area (Å²) in [5.41, 5.74) is 6.89. The molecule has 1 fully saturated rings. The highest BCUT2D eigenvalue weighted by Gasteiger charge is 2.27. The molecule has 1 aliphatic heterocycles. The molecule has 2 amide bonds. The average Bonchev–Trinajstić information content (AvgIpc) is 2.88. The van der Waals surface area contributed by atoms with E-state index in [9.17, 15) is 4.79 Å². The maximum atomic E-state index is 11.9. The van der Waals surface area contributed by atoms with Gasteiger partial charge in [0, 0.05) is 37.0 Å². The van der Waals surface area contributed by atoms with Crippen molar-refractivity contribution < 1.29 is 4.79 Å². The van der Waals surface area contributed by atoms with Crippen LogP contribution in [0.25, 0.3) is 33.5 Å². The topological polar surface area (TPSA) is 70.2 Å². The third-order valence-corrected chi connectivity index (χ3v) is 6.11. The van der Waals surface area contributed by atoms with E-state index in [0.717, 1.165) is 59.6 Å². The zero-order chi connectivity index (χ0) is 24.0. The van der Waals surface area contributed by atoms with Crippen molar-refractivity contribution >= 4 is 17.1 Å². The van der Waals surface area contributed by atoms with E-state index in [0.29, 0.717) is 0 Å². The van der Waals surface area contributed by atoms with E-state index >= 15 is 0 Å². The predicted octanol–water partition coefficient (Wildman–Crippen LogP) is 5.37. The van der Waals surface area contributed by atoms with E-state index in [-0.39, 0.29) is 12.1 Å². The minimum Gasteiger partial charge on any atom is -0.333 e. The van der Waals surface area contributed by atoms with Gasteiger partial charge in [0.1, 0.15) is 0 Å². The van der Waals surface area contributed by atoms with Gasteiger partial charge in [-0.3, -0.25) is 4.90 Å². The maximum absolute atomic E-state index is 11.9. The summed E-state index contributed by atoms with van der Waals surface area (Å²) in [5.74, 6) is 0. The number of nitrogens with zero attached hydrogens (tertiary/aromatic N) is 3. The zero-order valence-electron chi connectivity index (χ0n) is 19.8. The fraction of sp³-hybridized carbons (Fsp3) is 0.207. The Hall–Kier alpha value is -4.03. The number of amides is 2. The van der Waals surface area contributed by atoms with Crippen molar-refractivity contribution in [3.8, 4) is 22.5 Å². The van der Waals surface area contributed by atoms with Crippen LogP contribution in [0.15, 0.2) is 91.1 Å². The van der Waals surface area contributed by atoms with Crippen LogP contribution in [-0.4, -0.2) is 40.0 Å². The van der Waals surface area contributed by atoms with Gasteiger partial charge in [0.15, 0.2) is 0 Å². The van der Waals surface area contributed by atoms with Crippen LogP contribution in [-0.2, 0) is 6.54 Å². The summed E-state index contributed by atoms with van der Waals surface area (Å²) in [4.78, 5) is 24.1. The highest BCUT2D eigenvalue weighted by atomic mass is 16.2. The van der Waals surface area contributed by atoms with Crippen molar-refractivity contribution in [3.05, 3.63) is 96.7 Å². The van der Waals surface area contributed by atoms with Crippen LogP contribution in [0.2, 0.25) is 0 Å². The molecule has 0 saturated carbocycles. The van der Waals surface area contributed by atoms with Crippen LogP contribution >= 0.6 is 0 Å². The van der Waals surface area contributed by atoms with Crippen molar-refractivity contribution in [3.63, 3.8) is 0 Å². The van der Waals surface area contributed by atoms with Crippen molar-refractivity contribution in [2.24, 2.45) is 0 Å². The van der Waals surface area contributed by atoms with E-state index in [1.807, 2.05) is 55.5 Å². The molecule has 0 aliphatic carbocycles. The lowest BCUT2D eigenvalue weighted by Crippen LogP contribution is -2.59. The molecule has 0 bridgehead atoms. The quantitative estimate of drug-likeness (QED) is 0.387. The molecule has 4 aromatic rings. The average molecular weight is 464 g/mol. The monoisotopic (exact) mass is 463 g/mol. The first-order chi connectivity index (χ1) is 17.2. The van der Waals surface area contributed by atoms with E-state index in [1.54, 1.807) is 6.20 Å². The van der Waals surface area contributed by atoms with Crippen LogP contribution in [0, 0.1) is 0 Å². The molecule has 6 nitrogen and oxygen atoms in total. The van der Waals surface area contributed by atoms with Crippen molar-refractivity contribution in [1.29, 1.82) is 0 Å². The summed E-state index contributed by atoms with van der Waals surface area (Å²) in [6, 6.07) is 26.8. The molecule has 1 aromatic heterocycles. The molecule has 176 valence electrons. The largest absolute Gasteiger partial charge is 0.333 e. The molecular weight excluding hydrogens is 434 g/mol. The second kappa shape index (κ2) is 10.5. The number of rotatable bonds is 7. The molecule has 2 heterocycles. The molecule has 0 spiro atoms. The minimum absolute atomic E-state index is 0.144. The van der Waals surface area contributed by atoms with Crippen LogP contribution in [0.4, 0.5) is 4.79 Å².